The van der Waals surface area contributed by atoms with Gasteiger partial charge in [-0.2, -0.15) is 0 Å². The molecule has 3 aromatic rings. The number of halogens is 1. The van der Waals surface area contributed by atoms with Gasteiger partial charge in [-0.05, 0) is 50.2 Å². The number of hydrogen-bond donors (Lipinski definition) is 0. The number of anilines is 2. The molecule has 1 aromatic heterocycles. The van der Waals surface area contributed by atoms with E-state index in [0.29, 0.717) is 61.8 Å². The highest BCUT2D eigenvalue weighted by molar-refractivity contribution is 5.99. The summed E-state index contributed by atoms with van der Waals surface area (Å²) in [6, 6.07) is 11.6. The number of piperazine rings is 1. The summed E-state index contributed by atoms with van der Waals surface area (Å²) in [5, 5.41) is 0.406. The largest absolute Gasteiger partial charge is 0.440 e. The van der Waals surface area contributed by atoms with E-state index in [1.807, 2.05) is 29.0 Å². The third kappa shape index (κ3) is 4.76. The van der Waals surface area contributed by atoms with Gasteiger partial charge in [0.15, 0.2) is 11.3 Å². The van der Waals surface area contributed by atoms with Gasteiger partial charge in [0.05, 0.1) is 24.6 Å². The van der Waals surface area contributed by atoms with E-state index in [1.165, 1.54) is 18.2 Å². The first-order valence-electron chi connectivity index (χ1n) is 13.4. The molecule has 0 bridgehead atoms. The highest BCUT2D eigenvalue weighted by atomic mass is 19.1. The van der Waals surface area contributed by atoms with Crippen LogP contribution in [0.2, 0.25) is 0 Å². The second kappa shape index (κ2) is 10.4. The highest BCUT2D eigenvalue weighted by Gasteiger charge is 2.32. The Morgan fingerprint density at radius 2 is 1.76 bits per heavy atom. The van der Waals surface area contributed by atoms with Crippen molar-refractivity contribution in [2.24, 2.45) is 0 Å². The van der Waals surface area contributed by atoms with Crippen LogP contribution >= 0.6 is 0 Å². The maximum absolute atomic E-state index is 14.2. The highest BCUT2D eigenvalue weighted by Crippen LogP contribution is 2.40. The summed E-state index contributed by atoms with van der Waals surface area (Å²) in [5.41, 5.74) is 2.41. The molecule has 3 aliphatic rings. The van der Waals surface area contributed by atoms with E-state index in [9.17, 15) is 14.0 Å². The van der Waals surface area contributed by atoms with Gasteiger partial charge in [-0.25, -0.2) is 4.39 Å². The van der Waals surface area contributed by atoms with Gasteiger partial charge in [-0.3, -0.25) is 9.59 Å². The van der Waals surface area contributed by atoms with Crippen LogP contribution in [0.5, 0.6) is 0 Å². The molecule has 3 saturated heterocycles. The Hall–Kier alpha value is -3.43. The Morgan fingerprint density at radius 3 is 2.53 bits per heavy atom. The molecule has 0 radical (unpaired) electrons. The van der Waals surface area contributed by atoms with Crippen molar-refractivity contribution in [1.29, 1.82) is 0 Å². The van der Waals surface area contributed by atoms with Crippen LogP contribution in [0.3, 0.4) is 0 Å². The number of hydrogen-bond acceptors (Lipinski definition) is 7. The first-order valence-corrected chi connectivity index (χ1v) is 13.4. The van der Waals surface area contributed by atoms with Crippen LogP contribution in [-0.4, -0.2) is 81.8 Å². The van der Waals surface area contributed by atoms with Gasteiger partial charge in [-0.1, -0.05) is 6.07 Å². The summed E-state index contributed by atoms with van der Waals surface area (Å²) in [6.45, 7) is 6.09. The van der Waals surface area contributed by atoms with E-state index < -0.39 is 0 Å². The van der Waals surface area contributed by atoms with Gasteiger partial charge in [0.25, 0.3) is 5.91 Å². The normalized spacial score (nSPS) is 20.9. The fourth-order valence-corrected chi connectivity index (χ4v) is 5.83. The number of likely N-dealkylation sites (N-methyl/N-ethyl adjacent to an activating group) is 1. The van der Waals surface area contributed by atoms with Crippen LogP contribution in [0, 0.1) is 5.82 Å². The molecule has 6 rings (SSSR count). The van der Waals surface area contributed by atoms with Crippen LogP contribution in [0.1, 0.15) is 34.8 Å². The second-order valence-corrected chi connectivity index (χ2v) is 10.4. The van der Waals surface area contributed by atoms with Crippen LogP contribution in [0.15, 0.2) is 51.7 Å². The fourth-order valence-electron chi connectivity index (χ4n) is 5.83. The lowest BCUT2D eigenvalue weighted by atomic mass is 9.97. The minimum Gasteiger partial charge on any atom is -0.440 e. The third-order valence-corrected chi connectivity index (χ3v) is 7.96. The molecule has 0 aliphatic carbocycles. The van der Waals surface area contributed by atoms with Crippen LogP contribution in [0.4, 0.5) is 16.0 Å². The van der Waals surface area contributed by atoms with Crippen LogP contribution < -0.4 is 15.2 Å². The van der Waals surface area contributed by atoms with Crippen molar-refractivity contribution in [1.82, 2.24) is 9.80 Å². The molecule has 3 fully saturated rings. The second-order valence-electron chi connectivity index (χ2n) is 10.4. The zero-order chi connectivity index (χ0) is 26.2. The SMILES string of the molecule is CN1CCN(C(=O)c2cc([C@H]3CCCN3c3cccc(F)c3)c3oc(N4CCOCC4)cc(=O)c3c2)CC1. The zero-order valence-electron chi connectivity index (χ0n) is 21.7. The average molecular weight is 521 g/mol. The number of fused-ring (bicyclic) bond motifs is 1. The molecule has 0 N–H and O–H groups in total. The van der Waals surface area contributed by atoms with Crippen molar-refractivity contribution >= 4 is 28.4 Å². The molecule has 9 heteroatoms. The standard InChI is InChI=1S/C29H33FN4O4/c1-31-8-10-33(11-9-31)29(36)20-16-23(25-6-3-7-34(25)22-5-2-4-21(30)18-22)28-24(17-20)26(35)19-27(38-28)32-12-14-37-15-13-32/h2,4-5,16-19,25H,3,6-15H2,1H3/t25-/m1/s1. The van der Waals surface area contributed by atoms with E-state index in [-0.39, 0.29) is 23.2 Å². The van der Waals surface area contributed by atoms with E-state index in [2.05, 4.69) is 9.80 Å². The first-order chi connectivity index (χ1) is 18.5. The van der Waals surface area contributed by atoms with Gasteiger partial charge in [0.1, 0.15) is 11.4 Å². The predicted octanol–water partition coefficient (Wildman–Crippen LogP) is 3.50. The summed E-state index contributed by atoms with van der Waals surface area (Å²) in [6.07, 6.45) is 1.72. The molecule has 0 saturated carbocycles. The molecule has 3 aliphatic heterocycles. The van der Waals surface area contributed by atoms with Crippen molar-refractivity contribution in [2.45, 2.75) is 18.9 Å². The number of nitrogens with zero attached hydrogens (tertiary/aromatic N) is 4. The topological polar surface area (TPSA) is 69.5 Å². The Labute approximate surface area is 221 Å². The van der Waals surface area contributed by atoms with E-state index in [0.717, 1.165) is 43.7 Å². The third-order valence-electron chi connectivity index (χ3n) is 7.96. The monoisotopic (exact) mass is 520 g/mol. The molecule has 1 amide bonds. The molecule has 200 valence electrons. The van der Waals surface area contributed by atoms with Gasteiger partial charge in [0, 0.05) is 68.7 Å². The number of rotatable bonds is 4. The van der Waals surface area contributed by atoms with E-state index in [4.69, 9.17) is 9.15 Å². The molecule has 4 heterocycles. The van der Waals surface area contributed by atoms with Gasteiger partial charge in [0.2, 0.25) is 0 Å². The number of ether oxygens (including phenoxy) is 1. The van der Waals surface area contributed by atoms with Crippen molar-refractivity contribution < 1.29 is 18.3 Å². The minimum absolute atomic E-state index is 0.0757. The summed E-state index contributed by atoms with van der Waals surface area (Å²) in [7, 11) is 2.05. The molecule has 0 spiro atoms. The van der Waals surface area contributed by atoms with Crippen molar-refractivity contribution in [3.05, 3.63) is 69.6 Å². The minimum atomic E-state index is -0.293. The quantitative estimate of drug-likeness (QED) is 0.522. The fraction of sp³-hybridized carbons (Fsp3) is 0.448. The number of benzene rings is 2. The smallest absolute Gasteiger partial charge is 0.253 e. The Balaban J connectivity index is 1.48. The summed E-state index contributed by atoms with van der Waals surface area (Å²) in [5.74, 6) is 0.145. The van der Waals surface area contributed by atoms with Crippen molar-refractivity contribution in [3.63, 3.8) is 0 Å². The van der Waals surface area contributed by atoms with Gasteiger partial charge >= 0.3 is 0 Å². The number of carbonyl (C=O) groups is 1. The summed E-state index contributed by atoms with van der Waals surface area (Å²) < 4.78 is 26.1. The lowest BCUT2D eigenvalue weighted by Gasteiger charge is -2.33. The van der Waals surface area contributed by atoms with Gasteiger partial charge in [-0.15, -0.1) is 0 Å². The number of morpholine rings is 1. The number of amides is 1. The lowest BCUT2D eigenvalue weighted by molar-refractivity contribution is 0.0664. The Morgan fingerprint density at radius 1 is 0.974 bits per heavy atom. The van der Waals surface area contributed by atoms with Gasteiger partial charge < -0.3 is 28.8 Å². The maximum Gasteiger partial charge on any atom is 0.253 e. The van der Waals surface area contributed by atoms with Crippen LogP contribution in [0.25, 0.3) is 11.0 Å². The van der Waals surface area contributed by atoms with Crippen LogP contribution in [-0.2, 0) is 4.74 Å². The summed E-state index contributed by atoms with van der Waals surface area (Å²) >= 11 is 0. The molecule has 1 atom stereocenters. The average Bonchev–Trinajstić information content (AvgIpc) is 3.43. The van der Waals surface area contributed by atoms with E-state index in [1.54, 1.807) is 12.1 Å². The molecular weight excluding hydrogens is 487 g/mol. The molecule has 2 aromatic carbocycles. The maximum atomic E-state index is 14.2. The molecule has 38 heavy (non-hydrogen) atoms. The first kappa shape index (κ1) is 24.9. The zero-order valence-corrected chi connectivity index (χ0v) is 21.7. The van der Waals surface area contributed by atoms with Crippen molar-refractivity contribution in [2.75, 3.05) is 75.9 Å². The predicted molar refractivity (Wildman–Crippen MR) is 145 cm³/mol. The Bertz CT molecular complexity index is 1400. The van der Waals surface area contributed by atoms with E-state index >= 15 is 0 Å². The summed E-state index contributed by atoms with van der Waals surface area (Å²) in [4.78, 5) is 35.4. The molecular formula is C29H33FN4O4. The molecule has 0 unspecified atom stereocenters. The Kier molecular flexibility index (Phi) is 6.80. The molecule has 8 nitrogen and oxygen atoms in total. The lowest BCUT2D eigenvalue weighted by Crippen LogP contribution is -2.47. The number of carbonyl (C=O) groups excluding carboxylic acids is 1. The van der Waals surface area contributed by atoms with Crippen molar-refractivity contribution in [3.8, 4) is 0 Å².